The molecule has 1 aromatic heterocycles. The van der Waals surface area contributed by atoms with Crippen LogP contribution >= 0.6 is 0 Å². The van der Waals surface area contributed by atoms with Gasteiger partial charge in [-0.3, -0.25) is 4.79 Å². The van der Waals surface area contributed by atoms with Gasteiger partial charge < -0.3 is 11.1 Å². The van der Waals surface area contributed by atoms with Crippen molar-refractivity contribution in [3.63, 3.8) is 0 Å². The number of nitrogens with one attached hydrogen (secondary N) is 1. The number of rotatable bonds is 4. The summed E-state index contributed by atoms with van der Waals surface area (Å²) in [6.07, 6.45) is 1.96. The molecule has 0 aliphatic heterocycles. The van der Waals surface area contributed by atoms with Crippen molar-refractivity contribution in [1.82, 2.24) is 9.97 Å². The van der Waals surface area contributed by atoms with Crippen LogP contribution in [0.3, 0.4) is 0 Å². The molecule has 0 saturated heterocycles. The summed E-state index contributed by atoms with van der Waals surface area (Å²) < 4.78 is 0. The van der Waals surface area contributed by atoms with Gasteiger partial charge in [0.05, 0.1) is 24.0 Å². The third-order valence-corrected chi connectivity index (χ3v) is 3.62. The average Bonchev–Trinajstić information content (AvgIpc) is 2.58. The molecule has 5 heteroatoms. The van der Waals surface area contributed by atoms with Gasteiger partial charge in [-0.05, 0) is 24.6 Å². The number of nitrogens with zero attached hydrogens (tertiary/aromatic N) is 2. The summed E-state index contributed by atoms with van der Waals surface area (Å²) in [5.74, 6) is 0.369. The summed E-state index contributed by atoms with van der Waals surface area (Å²) >= 11 is 0. The number of benzene rings is 2. The number of carbonyl (C=O) groups is 1. The summed E-state index contributed by atoms with van der Waals surface area (Å²) in [6.45, 7) is 1.83. The molecule has 0 fully saturated rings. The Bertz CT molecular complexity index is 845. The number of nitrogen functional groups attached to an aromatic ring is 1. The van der Waals surface area contributed by atoms with Crippen molar-refractivity contribution in [2.45, 2.75) is 13.3 Å². The first-order chi connectivity index (χ1) is 11.6. The Morgan fingerprint density at radius 3 is 2.46 bits per heavy atom. The third kappa shape index (κ3) is 3.76. The predicted molar refractivity (Wildman–Crippen MR) is 95.4 cm³/mol. The Hall–Kier alpha value is -3.21. The number of nitrogens with two attached hydrogens (primary N) is 1. The van der Waals surface area contributed by atoms with E-state index in [9.17, 15) is 4.79 Å². The molecule has 120 valence electrons. The smallest absolute Gasteiger partial charge is 0.229 e. The van der Waals surface area contributed by atoms with Crippen LogP contribution in [0.25, 0.3) is 11.3 Å². The molecule has 0 saturated carbocycles. The molecule has 0 aliphatic carbocycles. The van der Waals surface area contributed by atoms with Gasteiger partial charge in [-0.25, -0.2) is 9.97 Å². The minimum atomic E-state index is -0.112. The summed E-state index contributed by atoms with van der Waals surface area (Å²) in [4.78, 5) is 21.0. The summed E-state index contributed by atoms with van der Waals surface area (Å²) in [7, 11) is 0. The number of amides is 1. The Morgan fingerprint density at radius 2 is 1.79 bits per heavy atom. The Balaban J connectivity index is 1.73. The monoisotopic (exact) mass is 318 g/mol. The van der Waals surface area contributed by atoms with Gasteiger partial charge in [0.25, 0.3) is 0 Å². The molecule has 1 heterocycles. The zero-order valence-electron chi connectivity index (χ0n) is 13.4. The SMILES string of the molecule is Cc1nc(-c2ccc(N)cc2)cnc1NC(=O)Cc1ccccc1. The van der Waals surface area contributed by atoms with Crippen molar-refractivity contribution in [2.75, 3.05) is 11.1 Å². The van der Waals surface area contributed by atoms with Crippen LogP contribution in [0.2, 0.25) is 0 Å². The van der Waals surface area contributed by atoms with Gasteiger partial charge in [-0.15, -0.1) is 0 Å². The molecule has 0 unspecified atom stereocenters. The second kappa shape index (κ2) is 6.91. The minimum Gasteiger partial charge on any atom is -0.399 e. The molecule has 0 radical (unpaired) electrons. The van der Waals surface area contributed by atoms with Crippen LogP contribution in [0.15, 0.2) is 60.8 Å². The van der Waals surface area contributed by atoms with Crippen LogP contribution in [-0.2, 0) is 11.2 Å². The average molecular weight is 318 g/mol. The highest BCUT2D eigenvalue weighted by molar-refractivity contribution is 5.91. The number of hydrogen-bond acceptors (Lipinski definition) is 4. The maximum absolute atomic E-state index is 12.1. The van der Waals surface area contributed by atoms with E-state index in [1.807, 2.05) is 61.5 Å². The maximum atomic E-state index is 12.1. The summed E-state index contributed by atoms with van der Waals surface area (Å²) in [5, 5.41) is 2.81. The van der Waals surface area contributed by atoms with Crippen LogP contribution < -0.4 is 11.1 Å². The highest BCUT2D eigenvalue weighted by Gasteiger charge is 2.09. The quantitative estimate of drug-likeness (QED) is 0.724. The van der Waals surface area contributed by atoms with Crippen molar-refractivity contribution in [3.8, 4) is 11.3 Å². The van der Waals surface area contributed by atoms with E-state index in [1.54, 1.807) is 6.20 Å². The van der Waals surface area contributed by atoms with Gasteiger partial charge in [0.1, 0.15) is 0 Å². The van der Waals surface area contributed by atoms with E-state index in [4.69, 9.17) is 5.73 Å². The van der Waals surface area contributed by atoms with Crippen LogP contribution in [0.5, 0.6) is 0 Å². The Labute approximate surface area is 140 Å². The molecule has 2 aromatic carbocycles. The zero-order valence-corrected chi connectivity index (χ0v) is 13.4. The molecular formula is C19H18N4O. The lowest BCUT2D eigenvalue weighted by Gasteiger charge is -2.09. The van der Waals surface area contributed by atoms with E-state index in [0.29, 0.717) is 23.6 Å². The summed E-state index contributed by atoms with van der Waals surface area (Å²) in [6, 6.07) is 17.0. The van der Waals surface area contributed by atoms with Gasteiger partial charge in [0, 0.05) is 11.3 Å². The van der Waals surface area contributed by atoms with E-state index in [2.05, 4.69) is 15.3 Å². The molecule has 3 rings (SSSR count). The first-order valence-electron chi connectivity index (χ1n) is 7.65. The third-order valence-electron chi connectivity index (χ3n) is 3.62. The Morgan fingerprint density at radius 1 is 1.08 bits per heavy atom. The number of anilines is 2. The lowest BCUT2D eigenvalue weighted by Crippen LogP contribution is -2.16. The van der Waals surface area contributed by atoms with Crippen LogP contribution in [-0.4, -0.2) is 15.9 Å². The molecular weight excluding hydrogens is 300 g/mol. The molecule has 3 N–H and O–H groups in total. The van der Waals surface area contributed by atoms with Crippen molar-refractivity contribution >= 4 is 17.4 Å². The summed E-state index contributed by atoms with van der Waals surface area (Å²) in [5.41, 5.74) is 9.70. The number of hydrogen-bond donors (Lipinski definition) is 2. The molecule has 24 heavy (non-hydrogen) atoms. The molecule has 1 amide bonds. The highest BCUT2D eigenvalue weighted by atomic mass is 16.1. The fourth-order valence-corrected chi connectivity index (χ4v) is 2.35. The van der Waals surface area contributed by atoms with Gasteiger partial charge in [0.15, 0.2) is 5.82 Å². The van der Waals surface area contributed by atoms with Crippen LogP contribution in [0.4, 0.5) is 11.5 Å². The van der Waals surface area contributed by atoms with Gasteiger partial charge in [0.2, 0.25) is 5.91 Å². The van der Waals surface area contributed by atoms with Gasteiger partial charge in [-0.2, -0.15) is 0 Å². The normalized spacial score (nSPS) is 10.4. The number of aryl methyl sites for hydroxylation is 1. The van der Waals surface area contributed by atoms with Crippen molar-refractivity contribution in [2.24, 2.45) is 0 Å². The molecule has 0 atom stereocenters. The second-order valence-corrected chi connectivity index (χ2v) is 5.52. The fraction of sp³-hybridized carbons (Fsp3) is 0.105. The first-order valence-corrected chi connectivity index (χ1v) is 7.65. The molecule has 0 spiro atoms. The molecule has 5 nitrogen and oxygen atoms in total. The number of aromatic nitrogens is 2. The van der Waals surface area contributed by atoms with Crippen molar-refractivity contribution in [1.29, 1.82) is 0 Å². The van der Waals surface area contributed by atoms with E-state index < -0.39 is 0 Å². The van der Waals surface area contributed by atoms with Crippen molar-refractivity contribution in [3.05, 3.63) is 72.1 Å². The topological polar surface area (TPSA) is 80.9 Å². The van der Waals surface area contributed by atoms with E-state index in [0.717, 1.165) is 16.8 Å². The largest absolute Gasteiger partial charge is 0.399 e. The molecule has 3 aromatic rings. The van der Waals surface area contributed by atoms with Gasteiger partial charge >= 0.3 is 0 Å². The lowest BCUT2D eigenvalue weighted by molar-refractivity contribution is -0.115. The number of carbonyl (C=O) groups excluding carboxylic acids is 1. The second-order valence-electron chi connectivity index (χ2n) is 5.52. The fourth-order valence-electron chi connectivity index (χ4n) is 2.35. The van der Waals surface area contributed by atoms with Crippen LogP contribution in [0.1, 0.15) is 11.3 Å². The van der Waals surface area contributed by atoms with E-state index in [-0.39, 0.29) is 5.91 Å². The van der Waals surface area contributed by atoms with E-state index in [1.165, 1.54) is 0 Å². The van der Waals surface area contributed by atoms with Crippen LogP contribution in [0, 0.1) is 6.92 Å². The molecule has 0 bridgehead atoms. The Kier molecular flexibility index (Phi) is 4.52. The van der Waals surface area contributed by atoms with E-state index >= 15 is 0 Å². The standard InChI is InChI=1S/C19H18N4O/c1-13-19(23-18(24)11-14-5-3-2-4-6-14)21-12-17(22-13)15-7-9-16(20)10-8-15/h2-10,12H,11,20H2,1H3,(H,21,23,24). The highest BCUT2D eigenvalue weighted by Crippen LogP contribution is 2.20. The lowest BCUT2D eigenvalue weighted by atomic mass is 10.1. The predicted octanol–water partition coefficient (Wildman–Crippen LogP) is 3.22. The minimum absolute atomic E-state index is 0.112. The van der Waals surface area contributed by atoms with Crippen molar-refractivity contribution < 1.29 is 4.79 Å². The van der Waals surface area contributed by atoms with Gasteiger partial charge in [-0.1, -0.05) is 42.5 Å². The maximum Gasteiger partial charge on any atom is 0.229 e. The first kappa shape index (κ1) is 15.7. The zero-order chi connectivity index (χ0) is 16.9. The molecule has 0 aliphatic rings.